The van der Waals surface area contributed by atoms with Crippen LogP contribution >= 0.6 is 0 Å². The van der Waals surface area contributed by atoms with Crippen LogP contribution in [0.4, 0.5) is 0 Å². The second kappa shape index (κ2) is 20.9. The van der Waals surface area contributed by atoms with Crippen molar-refractivity contribution in [2.75, 3.05) is 20.3 Å². The van der Waals surface area contributed by atoms with E-state index in [2.05, 4.69) is 22.8 Å². The Hall–Kier alpha value is -3.88. The lowest BCUT2D eigenvalue weighted by Crippen LogP contribution is -2.34. The number of unbranched alkanes of at least 4 members (excludes halogenated alkanes) is 10. The molecule has 9 heteroatoms. The van der Waals surface area contributed by atoms with Gasteiger partial charge in [-0.25, -0.2) is 10.2 Å². The molecule has 0 heterocycles. The molecule has 0 aliphatic heterocycles. The number of hydrazone groups is 1. The zero-order chi connectivity index (χ0) is 30.4. The maximum atomic E-state index is 12.5. The Morgan fingerprint density at radius 2 is 1.43 bits per heavy atom. The second-order valence-corrected chi connectivity index (χ2v) is 10.1. The van der Waals surface area contributed by atoms with Gasteiger partial charge in [0, 0.05) is 6.42 Å². The first kappa shape index (κ1) is 34.3. The van der Waals surface area contributed by atoms with Crippen molar-refractivity contribution in [1.82, 2.24) is 10.7 Å². The minimum absolute atomic E-state index is 0.133. The normalized spacial score (nSPS) is 10.8. The van der Waals surface area contributed by atoms with Crippen LogP contribution in [0.1, 0.15) is 107 Å². The number of methoxy groups -OCH3 is 1. The van der Waals surface area contributed by atoms with Crippen LogP contribution < -0.4 is 25.0 Å². The average Bonchev–Trinajstić information content (AvgIpc) is 3.00. The summed E-state index contributed by atoms with van der Waals surface area (Å²) in [5.74, 6) is 0.181. The largest absolute Gasteiger partial charge is 0.497 e. The van der Waals surface area contributed by atoms with Gasteiger partial charge in [0.2, 0.25) is 5.91 Å². The van der Waals surface area contributed by atoms with E-state index >= 15 is 0 Å². The molecule has 0 spiro atoms. The fraction of sp³-hybridized carbons (Fsp3) is 0.515. The predicted molar refractivity (Wildman–Crippen MR) is 165 cm³/mol. The van der Waals surface area contributed by atoms with E-state index in [0.717, 1.165) is 19.3 Å². The fourth-order valence-corrected chi connectivity index (χ4v) is 4.28. The summed E-state index contributed by atoms with van der Waals surface area (Å²) in [7, 11) is 1.55. The van der Waals surface area contributed by atoms with Crippen LogP contribution in [-0.2, 0) is 9.59 Å². The first-order chi connectivity index (χ1) is 20.5. The van der Waals surface area contributed by atoms with Crippen molar-refractivity contribution in [1.29, 1.82) is 0 Å². The summed E-state index contributed by atoms with van der Waals surface area (Å²) in [6.07, 6.45) is 15.3. The molecule has 0 bridgehead atoms. The third-order valence-electron chi connectivity index (χ3n) is 6.65. The van der Waals surface area contributed by atoms with Crippen LogP contribution in [0.5, 0.6) is 17.2 Å². The molecule has 2 amide bonds. The number of hydrogen-bond donors (Lipinski definition) is 2. The number of carbonyl (C=O) groups is 3. The lowest BCUT2D eigenvalue weighted by atomic mass is 10.1. The molecule has 0 fully saturated rings. The predicted octanol–water partition coefficient (Wildman–Crippen LogP) is 6.58. The van der Waals surface area contributed by atoms with Crippen molar-refractivity contribution < 1.29 is 28.6 Å². The summed E-state index contributed by atoms with van der Waals surface area (Å²) in [6.45, 7) is 4.28. The van der Waals surface area contributed by atoms with Crippen molar-refractivity contribution >= 4 is 24.0 Å². The summed E-state index contributed by atoms with van der Waals surface area (Å²) >= 11 is 0. The fourth-order valence-electron chi connectivity index (χ4n) is 4.28. The summed E-state index contributed by atoms with van der Waals surface area (Å²) in [6, 6.07) is 11.5. The molecule has 9 nitrogen and oxygen atoms in total. The van der Waals surface area contributed by atoms with Crippen LogP contribution in [0.25, 0.3) is 0 Å². The van der Waals surface area contributed by atoms with E-state index in [4.69, 9.17) is 14.2 Å². The Balaban J connectivity index is 1.67. The molecule has 2 aromatic carbocycles. The maximum Gasteiger partial charge on any atom is 0.343 e. The smallest absolute Gasteiger partial charge is 0.343 e. The molecule has 0 aromatic heterocycles. The average molecular weight is 582 g/mol. The zero-order valence-corrected chi connectivity index (χ0v) is 25.4. The van der Waals surface area contributed by atoms with Gasteiger partial charge in [0.05, 0.1) is 32.0 Å². The highest BCUT2D eigenvalue weighted by atomic mass is 16.6. The van der Waals surface area contributed by atoms with Crippen molar-refractivity contribution in [2.24, 2.45) is 5.10 Å². The summed E-state index contributed by atoms with van der Waals surface area (Å²) < 4.78 is 16.3. The number of nitrogens with zero attached hydrogens (tertiary/aromatic N) is 1. The molecule has 230 valence electrons. The summed E-state index contributed by atoms with van der Waals surface area (Å²) in [4.78, 5) is 36.7. The van der Waals surface area contributed by atoms with Gasteiger partial charge in [0.25, 0.3) is 5.91 Å². The molecule has 0 saturated carbocycles. The van der Waals surface area contributed by atoms with Crippen LogP contribution in [0.2, 0.25) is 0 Å². The van der Waals surface area contributed by atoms with Gasteiger partial charge in [0.1, 0.15) is 5.75 Å². The molecule has 0 unspecified atom stereocenters. The van der Waals surface area contributed by atoms with Gasteiger partial charge >= 0.3 is 5.97 Å². The zero-order valence-electron chi connectivity index (χ0n) is 25.4. The van der Waals surface area contributed by atoms with Gasteiger partial charge in [-0.15, -0.1) is 0 Å². The number of nitrogens with one attached hydrogen (secondary N) is 2. The van der Waals surface area contributed by atoms with E-state index in [1.807, 2.05) is 6.92 Å². The van der Waals surface area contributed by atoms with Gasteiger partial charge in [-0.2, -0.15) is 5.10 Å². The Labute approximate surface area is 250 Å². The Bertz CT molecular complexity index is 1120. The van der Waals surface area contributed by atoms with Crippen LogP contribution in [0.3, 0.4) is 0 Å². The van der Waals surface area contributed by atoms with Crippen molar-refractivity contribution in [3.05, 3.63) is 53.6 Å². The van der Waals surface area contributed by atoms with Gasteiger partial charge < -0.3 is 19.5 Å². The number of rotatable bonds is 21. The maximum absolute atomic E-state index is 12.5. The van der Waals surface area contributed by atoms with Gasteiger partial charge in [-0.3, -0.25) is 9.59 Å². The molecule has 0 aliphatic rings. The molecule has 0 saturated heterocycles. The van der Waals surface area contributed by atoms with Gasteiger partial charge in [-0.1, -0.05) is 71.1 Å². The standard InChI is InChI=1S/C33H47N3O6/c1-4-6-7-8-9-10-11-12-13-14-15-16-31(37)34-25-32(38)36-35-24-26-17-22-29(30(23-26)41-5-2)42-33(39)27-18-20-28(40-3)21-19-27/h17-24H,4-16,25H2,1-3H3,(H,34,37)(H,36,38)/b35-24-. The minimum atomic E-state index is -0.530. The lowest BCUT2D eigenvalue weighted by molar-refractivity contribution is -0.126. The molecule has 0 radical (unpaired) electrons. The van der Waals surface area contributed by atoms with Crippen LogP contribution in [-0.4, -0.2) is 44.3 Å². The number of amides is 2. The van der Waals surface area contributed by atoms with E-state index in [0.29, 0.717) is 35.7 Å². The van der Waals surface area contributed by atoms with Crippen molar-refractivity contribution in [3.8, 4) is 17.2 Å². The SMILES string of the molecule is CCCCCCCCCCCCCC(=O)NCC(=O)N/N=C\c1ccc(OC(=O)c2ccc(OC)cc2)c(OCC)c1. The highest BCUT2D eigenvalue weighted by molar-refractivity contribution is 5.92. The highest BCUT2D eigenvalue weighted by Gasteiger charge is 2.13. The molecule has 2 rings (SSSR count). The molecular weight excluding hydrogens is 534 g/mol. The Kier molecular flexibility index (Phi) is 17.1. The van der Waals surface area contributed by atoms with E-state index in [9.17, 15) is 14.4 Å². The third kappa shape index (κ3) is 14.1. The highest BCUT2D eigenvalue weighted by Crippen LogP contribution is 2.29. The number of ether oxygens (including phenoxy) is 3. The molecular formula is C33H47N3O6. The first-order valence-corrected chi connectivity index (χ1v) is 15.2. The van der Waals surface area contributed by atoms with E-state index in [-0.39, 0.29) is 18.2 Å². The number of esters is 1. The second-order valence-electron chi connectivity index (χ2n) is 10.1. The van der Waals surface area contributed by atoms with E-state index < -0.39 is 11.9 Å². The van der Waals surface area contributed by atoms with E-state index in [1.54, 1.807) is 49.6 Å². The molecule has 0 atom stereocenters. The number of carbonyl (C=O) groups excluding carboxylic acids is 3. The topological polar surface area (TPSA) is 115 Å². The Morgan fingerprint density at radius 3 is 2.05 bits per heavy atom. The summed E-state index contributed by atoms with van der Waals surface area (Å²) in [5, 5.41) is 6.59. The molecule has 42 heavy (non-hydrogen) atoms. The van der Waals surface area contributed by atoms with Crippen molar-refractivity contribution in [3.63, 3.8) is 0 Å². The van der Waals surface area contributed by atoms with Crippen molar-refractivity contribution in [2.45, 2.75) is 90.9 Å². The Morgan fingerprint density at radius 1 is 0.786 bits per heavy atom. The monoisotopic (exact) mass is 581 g/mol. The van der Waals surface area contributed by atoms with Gasteiger partial charge in [0.15, 0.2) is 11.5 Å². The molecule has 0 aliphatic carbocycles. The summed E-state index contributed by atoms with van der Waals surface area (Å²) in [5.41, 5.74) is 3.41. The lowest BCUT2D eigenvalue weighted by Gasteiger charge is -2.11. The van der Waals surface area contributed by atoms with Crippen LogP contribution in [0.15, 0.2) is 47.6 Å². The number of benzene rings is 2. The third-order valence-corrected chi connectivity index (χ3v) is 6.65. The molecule has 2 N–H and O–H groups in total. The van der Waals surface area contributed by atoms with Crippen LogP contribution in [0, 0.1) is 0 Å². The first-order valence-electron chi connectivity index (χ1n) is 15.2. The van der Waals surface area contributed by atoms with E-state index in [1.165, 1.54) is 57.6 Å². The number of hydrogen-bond acceptors (Lipinski definition) is 7. The van der Waals surface area contributed by atoms with Gasteiger partial charge in [-0.05, 0) is 61.4 Å². The minimum Gasteiger partial charge on any atom is -0.497 e. The molecule has 2 aromatic rings. The quantitative estimate of drug-likeness (QED) is 0.0566.